The van der Waals surface area contributed by atoms with Crippen LogP contribution in [0.1, 0.15) is 31.9 Å². The highest BCUT2D eigenvalue weighted by Crippen LogP contribution is 2.37. The van der Waals surface area contributed by atoms with E-state index in [1.807, 2.05) is 24.3 Å². The van der Waals surface area contributed by atoms with Crippen molar-refractivity contribution in [2.45, 2.75) is 32.8 Å². The number of phenolic OH excluding ortho intramolecular Hbond substituents is 1. The molecular formula is C23H21FN2O3. The normalized spacial score (nSPS) is 11.9. The van der Waals surface area contributed by atoms with Crippen LogP contribution in [0.25, 0.3) is 21.8 Å². The molecule has 0 saturated carbocycles. The first-order valence-electron chi connectivity index (χ1n) is 9.32. The minimum atomic E-state index is -0.691. The maximum atomic E-state index is 14.3. The van der Waals surface area contributed by atoms with E-state index in [1.165, 1.54) is 10.8 Å². The summed E-state index contributed by atoms with van der Waals surface area (Å²) in [7, 11) is 0. The van der Waals surface area contributed by atoms with Crippen LogP contribution in [-0.4, -0.2) is 26.4 Å². The molecule has 0 atom stereocenters. The van der Waals surface area contributed by atoms with E-state index in [-0.39, 0.29) is 12.2 Å². The summed E-state index contributed by atoms with van der Waals surface area (Å²) in [6, 6.07) is 12.4. The molecule has 0 spiro atoms. The van der Waals surface area contributed by atoms with Crippen LogP contribution < -0.4 is 0 Å². The fourth-order valence-corrected chi connectivity index (χ4v) is 3.52. The summed E-state index contributed by atoms with van der Waals surface area (Å²) in [5, 5.41) is 12.3. The van der Waals surface area contributed by atoms with Crippen molar-refractivity contribution in [1.82, 2.24) is 9.55 Å². The SMILES string of the molecule is CC(C)(C)OC(=O)n1c2ccccc2c2ccc(O)c(Cc3ccncc3F)c21. The molecule has 4 rings (SSSR count). The molecule has 2 aromatic carbocycles. The molecule has 0 bridgehead atoms. The third kappa shape index (κ3) is 3.42. The van der Waals surface area contributed by atoms with Crippen molar-refractivity contribution in [2.24, 2.45) is 0 Å². The zero-order valence-corrected chi connectivity index (χ0v) is 16.4. The molecule has 4 aromatic rings. The van der Waals surface area contributed by atoms with Crippen molar-refractivity contribution < 1.29 is 19.0 Å². The van der Waals surface area contributed by atoms with E-state index in [0.717, 1.165) is 17.0 Å². The number of carbonyl (C=O) groups excluding carboxylic acids is 1. The van der Waals surface area contributed by atoms with Crippen LogP contribution >= 0.6 is 0 Å². The smallest absolute Gasteiger partial charge is 0.419 e. The Morgan fingerprint density at radius 2 is 1.90 bits per heavy atom. The van der Waals surface area contributed by atoms with Gasteiger partial charge in [-0.15, -0.1) is 0 Å². The number of rotatable bonds is 2. The van der Waals surface area contributed by atoms with E-state index < -0.39 is 17.5 Å². The average molecular weight is 392 g/mol. The lowest BCUT2D eigenvalue weighted by Crippen LogP contribution is -2.27. The largest absolute Gasteiger partial charge is 0.508 e. The van der Waals surface area contributed by atoms with Crippen molar-refractivity contribution in [3.05, 3.63) is 71.8 Å². The maximum Gasteiger partial charge on any atom is 0.419 e. The fourth-order valence-electron chi connectivity index (χ4n) is 3.52. The summed E-state index contributed by atoms with van der Waals surface area (Å²) in [6.07, 6.45) is 2.19. The molecule has 148 valence electrons. The molecule has 2 heterocycles. The number of halogens is 1. The predicted octanol–water partition coefficient (Wildman–Crippen LogP) is 5.41. The average Bonchev–Trinajstić information content (AvgIpc) is 2.99. The van der Waals surface area contributed by atoms with Crippen LogP contribution in [0.4, 0.5) is 9.18 Å². The Labute approximate surface area is 167 Å². The number of benzene rings is 2. The van der Waals surface area contributed by atoms with Gasteiger partial charge in [0.1, 0.15) is 17.2 Å². The highest BCUT2D eigenvalue weighted by molar-refractivity contribution is 6.14. The van der Waals surface area contributed by atoms with Gasteiger partial charge in [-0.2, -0.15) is 0 Å². The van der Waals surface area contributed by atoms with Crippen LogP contribution in [0, 0.1) is 5.82 Å². The van der Waals surface area contributed by atoms with Gasteiger partial charge in [0.25, 0.3) is 0 Å². The van der Waals surface area contributed by atoms with Crippen molar-refractivity contribution in [3.63, 3.8) is 0 Å². The number of pyridine rings is 1. The molecule has 29 heavy (non-hydrogen) atoms. The quantitative estimate of drug-likeness (QED) is 0.495. The summed E-state index contributed by atoms with van der Waals surface area (Å²) in [4.78, 5) is 16.9. The third-order valence-electron chi connectivity index (χ3n) is 4.72. The first-order valence-corrected chi connectivity index (χ1v) is 9.32. The highest BCUT2D eigenvalue weighted by atomic mass is 19.1. The zero-order chi connectivity index (χ0) is 20.8. The van der Waals surface area contributed by atoms with Crippen LogP contribution in [-0.2, 0) is 11.2 Å². The summed E-state index contributed by atoms with van der Waals surface area (Å²) in [5.41, 5.74) is 1.32. The summed E-state index contributed by atoms with van der Waals surface area (Å²) < 4.78 is 21.3. The monoisotopic (exact) mass is 392 g/mol. The lowest BCUT2D eigenvalue weighted by atomic mass is 10.0. The molecular weight excluding hydrogens is 371 g/mol. The molecule has 2 aromatic heterocycles. The van der Waals surface area contributed by atoms with Gasteiger partial charge in [-0.1, -0.05) is 18.2 Å². The highest BCUT2D eigenvalue weighted by Gasteiger charge is 2.25. The summed E-state index contributed by atoms with van der Waals surface area (Å²) >= 11 is 0. The summed E-state index contributed by atoms with van der Waals surface area (Å²) in [6.45, 7) is 5.39. The van der Waals surface area contributed by atoms with E-state index >= 15 is 0 Å². The molecule has 0 saturated heterocycles. The lowest BCUT2D eigenvalue weighted by Gasteiger charge is -2.21. The number of nitrogens with zero attached hydrogens (tertiary/aromatic N) is 2. The van der Waals surface area contributed by atoms with E-state index in [4.69, 9.17) is 4.74 Å². The van der Waals surface area contributed by atoms with Gasteiger partial charge in [-0.25, -0.2) is 13.8 Å². The van der Waals surface area contributed by atoms with Crippen molar-refractivity contribution in [3.8, 4) is 5.75 Å². The van der Waals surface area contributed by atoms with Gasteiger partial charge < -0.3 is 9.84 Å². The standard InChI is InChI=1S/C23H21FN2O3/c1-23(2,3)29-22(28)26-19-7-5-4-6-15(19)16-8-9-20(27)17(21(16)26)12-14-10-11-25-13-18(14)24/h4-11,13,27H,12H2,1-3H3. The number of aromatic hydroxyl groups is 1. The molecule has 0 unspecified atom stereocenters. The van der Waals surface area contributed by atoms with Gasteiger partial charge in [-0.05, 0) is 50.6 Å². The third-order valence-corrected chi connectivity index (χ3v) is 4.72. The predicted molar refractivity (Wildman–Crippen MR) is 110 cm³/mol. The Kier molecular flexibility index (Phi) is 4.49. The Balaban J connectivity index is 2.02. The second kappa shape index (κ2) is 6.88. The van der Waals surface area contributed by atoms with E-state index in [0.29, 0.717) is 22.2 Å². The van der Waals surface area contributed by atoms with E-state index in [9.17, 15) is 14.3 Å². The zero-order valence-electron chi connectivity index (χ0n) is 16.4. The van der Waals surface area contributed by atoms with Gasteiger partial charge in [0, 0.05) is 29.0 Å². The van der Waals surface area contributed by atoms with E-state index in [1.54, 1.807) is 39.0 Å². The number of carbonyl (C=O) groups is 1. The van der Waals surface area contributed by atoms with Gasteiger partial charge in [-0.3, -0.25) is 4.98 Å². The van der Waals surface area contributed by atoms with Crippen LogP contribution in [0.15, 0.2) is 54.9 Å². The topological polar surface area (TPSA) is 64.3 Å². The second-order valence-electron chi connectivity index (χ2n) is 7.94. The Hall–Kier alpha value is -3.41. The Morgan fingerprint density at radius 1 is 1.14 bits per heavy atom. The van der Waals surface area contributed by atoms with Gasteiger partial charge in [0.2, 0.25) is 0 Å². The van der Waals surface area contributed by atoms with Crippen molar-refractivity contribution in [1.29, 1.82) is 0 Å². The van der Waals surface area contributed by atoms with Crippen molar-refractivity contribution in [2.75, 3.05) is 0 Å². The first kappa shape index (κ1) is 18.9. The number of hydrogen-bond acceptors (Lipinski definition) is 4. The maximum absolute atomic E-state index is 14.3. The molecule has 0 aliphatic carbocycles. The molecule has 1 N–H and O–H groups in total. The van der Waals surface area contributed by atoms with Crippen LogP contribution in [0.3, 0.4) is 0 Å². The number of aromatic nitrogens is 2. The van der Waals surface area contributed by atoms with Crippen LogP contribution in [0.2, 0.25) is 0 Å². The molecule has 0 amide bonds. The number of fused-ring (bicyclic) bond motifs is 3. The minimum Gasteiger partial charge on any atom is -0.508 e. The molecule has 6 heteroatoms. The number of phenols is 1. The fraction of sp³-hybridized carbons (Fsp3) is 0.217. The number of hydrogen-bond donors (Lipinski definition) is 1. The lowest BCUT2D eigenvalue weighted by molar-refractivity contribution is 0.0551. The first-order chi connectivity index (χ1) is 13.8. The number of para-hydroxylation sites is 1. The number of ether oxygens (including phenoxy) is 1. The van der Waals surface area contributed by atoms with E-state index in [2.05, 4.69) is 4.98 Å². The molecule has 0 aliphatic rings. The minimum absolute atomic E-state index is 0.0127. The van der Waals surface area contributed by atoms with Gasteiger partial charge in [0.15, 0.2) is 0 Å². The molecule has 0 radical (unpaired) electrons. The van der Waals surface area contributed by atoms with Gasteiger partial charge in [0.05, 0.1) is 17.2 Å². The Morgan fingerprint density at radius 3 is 2.62 bits per heavy atom. The second-order valence-corrected chi connectivity index (χ2v) is 7.94. The van der Waals surface area contributed by atoms with Crippen LogP contribution in [0.5, 0.6) is 5.75 Å². The summed E-state index contributed by atoms with van der Waals surface area (Å²) in [5.74, 6) is -0.481. The Bertz CT molecular complexity index is 1240. The molecule has 0 aliphatic heterocycles. The van der Waals surface area contributed by atoms with Gasteiger partial charge >= 0.3 is 6.09 Å². The van der Waals surface area contributed by atoms with Crippen molar-refractivity contribution >= 4 is 27.9 Å². The molecule has 5 nitrogen and oxygen atoms in total. The molecule has 0 fully saturated rings.